The summed E-state index contributed by atoms with van der Waals surface area (Å²) in [5.41, 5.74) is 0.572. The van der Waals surface area contributed by atoms with Gasteiger partial charge in [0.2, 0.25) is 0 Å². The van der Waals surface area contributed by atoms with Crippen LogP contribution in [0, 0.1) is 0 Å². The van der Waals surface area contributed by atoms with Crippen molar-refractivity contribution in [2.75, 3.05) is 5.75 Å². The summed E-state index contributed by atoms with van der Waals surface area (Å²) in [6.45, 7) is 0. The zero-order chi connectivity index (χ0) is 14.0. The van der Waals surface area contributed by atoms with E-state index in [1.165, 1.54) is 36.0 Å². The normalized spacial score (nSPS) is 19.1. The third kappa shape index (κ3) is 3.63. The minimum atomic E-state index is -4.73. The van der Waals surface area contributed by atoms with Crippen molar-refractivity contribution in [1.29, 1.82) is 0 Å². The molecule has 1 atom stereocenters. The van der Waals surface area contributed by atoms with Crippen LogP contribution in [0.15, 0.2) is 29.3 Å². The second kappa shape index (κ2) is 5.12. The molecule has 1 unspecified atom stereocenters. The summed E-state index contributed by atoms with van der Waals surface area (Å²) in [7, 11) is 0. The van der Waals surface area contributed by atoms with Crippen molar-refractivity contribution in [3.05, 3.63) is 29.8 Å². The number of aliphatic imine (C=N–C) groups is 1. The first kappa shape index (κ1) is 13.7. The molecule has 0 saturated heterocycles. The average Bonchev–Trinajstić information content (AvgIpc) is 2.77. The van der Waals surface area contributed by atoms with Crippen molar-refractivity contribution >= 4 is 22.8 Å². The zero-order valence-electron chi connectivity index (χ0n) is 9.35. The van der Waals surface area contributed by atoms with Crippen LogP contribution in [0.5, 0.6) is 5.75 Å². The molecule has 0 saturated carbocycles. The molecule has 1 aliphatic heterocycles. The largest absolute Gasteiger partial charge is 0.573 e. The molecule has 0 fully saturated rings. The molecule has 102 valence electrons. The third-order valence-corrected chi connectivity index (χ3v) is 3.37. The number of carboxylic acids is 1. The molecule has 0 aromatic heterocycles. The lowest BCUT2D eigenvalue weighted by molar-refractivity contribution is -0.274. The molecule has 1 aliphatic rings. The lowest BCUT2D eigenvalue weighted by Gasteiger charge is -2.09. The fraction of sp³-hybridized carbons (Fsp3) is 0.273. The Balaban J connectivity index is 2.11. The Kier molecular flexibility index (Phi) is 3.70. The maximum absolute atomic E-state index is 12.0. The van der Waals surface area contributed by atoms with Gasteiger partial charge < -0.3 is 9.84 Å². The molecule has 0 spiro atoms. The molecular weight excluding hydrogens is 283 g/mol. The number of ether oxygens (including phenoxy) is 1. The van der Waals surface area contributed by atoms with Gasteiger partial charge in [0.25, 0.3) is 0 Å². The van der Waals surface area contributed by atoms with E-state index in [2.05, 4.69) is 9.73 Å². The monoisotopic (exact) mass is 291 g/mol. The van der Waals surface area contributed by atoms with Crippen LogP contribution in [-0.4, -0.2) is 34.3 Å². The number of alkyl halides is 3. The number of halogens is 3. The van der Waals surface area contributed by atoms with Gasteiger partial charge in [0.05, 0.1) is 5.04 Å². The number of hydrogen-bond acceptors (Lipinski definition) is 4. The van der Waals surface area contributed by atoms with Gasteiger partial charge >= 0.3 is 12.3 Å². The molecular formula is C11H8F3NO3S. The molecule has 4 nitrogen and oxygen atoms in total. The fourth-order valence-electron chi connectivity index (χ4n) is 1.46. The quantitative estimate of drug-likeness (QED) is 0.929. The summed E-state index contributed by atoms with van der Waals surface area (Å²) in [6, 6.07) is 4.36. The minimum absolute atomic E-state index is 0.324. The van der Waals surface area contributed by atoms with Gasteiger partial charge in [0, 0.05) is 11.3 Å². The van der Waals surface area contributed by atoms with Gasteiger partial charge in [-0.05, 0) is 24.3 Å². The number of rotatable bonds is 3. The molecule has 1 aromatic rings. The van der Waals surface area contributed by atoms with E-state index in [1.807, 2.05) is 0 Å². The summed E-state index contributed by atoms with van der Waals surface area (Å²) < 4.78 is 39.6. The van der Waals surface area contributed by atoms with Crippen molar-refractivity contribution in [1.82, 2.24) is 0 Å². The van der Waals surface area contributed by atoms with Crippen molar-refractivity contribution in [3.8, 4) is 5.75 Å². The summed E-state index contributed by atoms with van der Waals surface area (Å²) in [5, 5.41) is 9.29. The van der Waals surface area contributed by atoms with E-state index in [0.29, 0.717) is 16.4 Å². The van der Waals surface area contributed by atoms with E-state index in [9.17, 15) is 18.0 Å². The second-order valence-corrected chi connectivity index (χ2v) is 4.68. The Morgan fingerprint density at radius 1 is 1.37 bits per heavy atom. The van der Waals surface area contributed by atoms with E-state index < -0.39 is 18.4 Å². The van der Waals surface area contributed by atoms with Crippen LogP contribution >= 0.6 is 11.8 Å². The van der Waals surface area contributed by atoms with Gasteiger partial charge in [-0.3, -0.25) is 4.99 Å². The molecule has 19 heavy (non-hydrogen) atoms. The number of benzene rings is 1. The maximum Gasteiger partial charge on any atom is 0.573 e. The van der Waals surface area contributed by atoms with Crippen molar-refractivity contribution in [2.45, 2.75) is 12.4 Å². The van der Waals surface area contributed by atoms with Gasteiger partial charge in [-0.15, -0.1) is 24.9 Å². The van der Waals surface area contributed by atoms with E-state index >= 15 is 0 Å². The highest BCUT2D eigenvalue weighted by Crippen LogP contribution is 2.27. The first-order chi connectivity index (χ1) is 8.85. The standard InChI is InChI=1S/C11H8F3NO3S/c12-11(13,14)18-7-3-1-6(2-4-7)9-15-8(5-19-9)10(16)17/h1-4,8H,5H2,(H,16,17). The Bertz CT molecular complexity index is 513. The van der Waals surface area contributed by atoms with Gasteiger partial charge in [0.1, 0.15) is 5.75 Å². The Labute approximate surface area is 110 Å². The van der Waals surface area contributed by atoms with Crippen LogP contribution < -0.4 is 4.74 Å². The van der Waals surface area contributed by atoms with E-state index in [4.69, 9.17) is 5.11 Å². The minimum Gasteiger partial charge on any atom is -0.480 e. The van der Waals surface area contributed by atoms with Crippen LogP contribution in [0.2, 0.25) is 0 Å². The molecule has 0 amide bonds. The highest BCUT2D eigenvalue weighted by Gasteiger charge is 2.31. The number of carbonyl (C=O) groups is 1. The number of thioether (sulfide) groups is 1. The smallest absolute Gasteiger partial charge is 0.480 e. The zero-order valence-corrected chi connectivity index (χ0v) is 10.2. The Hall–Kier alpha value is -1.70. The summed E-state index contributed by atoms with van der Waals surface area (Å²) in [4.78, 5) is 14.7. The molecule has 1 heterocycles. The lowest BCUT2D eigenvalue weighted by Crippen LogP contribution is -2.17. The number of hydrogen-bond donors (Lipinski definition) is 1. The fourth-order valence-corrected chi connectivity index (χ4v) is 2.49. The van der Waals surface area contributed by atoms with E-state index in [0.717, 1.165) is 0 Å². The SMILES string of the molecule is O=C(O)C1CSC(c2ccc(OC(F)(F)F)cc2)=N1. The third-order valence-electron chi connectivity index (χ3n) is 2.27. The average molecular weight is 291 g/mol. The molecule has 8 heteroatoms. The van der Waals surface area contributed by atoms with Crippen LogP contribution in [0.1, 0.15) is 5.56 Å². The molecule has 1 N–H and O–H groups in total. The van der Waals surface area contributed by atoms with Gasteiger partial charge in [-0.25, -0.2) is 4.79 Å². The first-order valence-corrected chi connectivity index (χ1v) is 6.13. The summed E-state index contributed by atoms with van der Waals surface area (Å²) in [6.07, 6.45) is -4.73. The predicted octanol–water partition coefficient (Wildman–Crippen LogP) is 2.53. The van der Waals surface area contributed by atoms with Crippen LogP contribution in [-0.2, 0) is 4.79 Å². The number of aliphatic carboxylic acids is 1. The van der Waals surface area contributed by atoms with E-state index in [1.54, 1.807) is 0 Å². The van der Waals surface area contributed by atoms with Crippen LogP contribution in [0.4, 0.5) is 13.2 Å². The van der Waals surface area contributed by atoms with Crippen molar-refractivity contribution in [3.63, 3.8) is 0 Å². The number of nitrogens with zero attached hydrogens (tertiary/aromatic N) is 1. The lowest BCUT2D eigenvalue weighted by atomic mass is 10.2. The maximum atomic E-state index is 12.0. The van der Waals surface area contributed by atoms with Crippen molar-refractivity contribution < 1.29 is 27.8 Å². The predicted molar refractivity (Wildman–Crippen MR) is 63.5 cm³/mol. The van der Waals surface area contributed by atoms with E-state index in [-0.39, 0.29) is 5.75 Å². The molecule has 0 bridgehead atoms. The van der Waals surface area contributed by atoms with Gasteiger partial charge in [-0.1, -0.05) is 0 Å². The van der Waals surface area contributed by atoms with Crippen LogP contribution in [0.3, 0.4) is 0 Å². The highest BCUT2D eigenvalue weighted by atomic mass is 32.2. The first-order valence-electron chi connectivity index (χ1n) is 5.15. The van der Waals surface area contributed by atoms with Crippen LogP contribution in [0.25, 0.3) is 0 Å². The van der Waals surface area contributed by atoms with Gasteiger partial charge in [0.15, 0.2) is 6.04 Å². The molecule has 0 radical (unpaired) electrons. The molecule has 2 rings (SSSR count). The second-order valence-electron chi connectivity index (χ2n) is 3.67. The van der Waals surface area contributed by atoms with Gasteiger partial charge in [-0.2, -0.15) is 0 Å². The summed E-state index contributed by atoms with van der Waals surface area (Å²) >= 11 is 1.26. The Morgan fingerprint density at radius 3 is 2.47 bits per heavy atom. The summed E-state index contributed by atoms with van der Waals surface area (Å²) in [5.74, 6) is -1.01. The Morgan fingerprint density at radius 2 is 2.00 bits per heavy atom. The highest BCUT2D eigenvalue weighted by molar-refractivity contribution is 8.14. The topological polar surface area (TPSA) is 58.9 Å². The molecule has 0 aliphatic carbocycles. The molecule has 1 aromatic carbocycles. The van der Waals surface area contributed by atoms with Crippen molar-refractivity contribution in [2.24, 2.45) is 4.99 Å². The number of carboxylic acid groups (broad SMARTS) is 1.